The van der Waals surface area contributed by atoms with E-state index in [2.05, 4.69) is 5.32 Å². The third-order valence-corrected chi connectivity index (χ3v) is 3.36. The number of hydrogen-bond acceptors (Lipinski definition) is 4. The maximum atomic E-state index is 11.1. The molecule has 0 unspecified atom stereocenters. The van der Waals surface area contributed by atoms with Crippen LogP contribution >= 0.6 is 0 Å². The molecule has 0 aliphatic carbocycles. The molecule has 1 aromatic rings. The fourth-order valence-electron chi connectivity index (χ4n) is 1.27. The van der Waals surface area contributed by atoms with Crippen LogP contribution < -0.4 is 5.32 Å². The largest absolute Gasteiger partial charge is 0.468 e. The molecule has 1 N–H and O–H groups in total. The van der Waals surface area contributed by atoms with E-state index in [1.807, 2.05) is 26.0 Å². The summed E-state index contributed by atoms with van der Waals surface area (Å²) in [7, 11) is -2.89. The van der Waals surface area contributed by atoms with Gasteiger partial charge in [0, 0.05) is 11.8 Å². The van der Waals surface area contributed by atoms with Crippen molar-refractivity contribution in [1.29, 1.82) is 0 Å². The zero-order chi connectivity index (χ0) is 12.2. The van der Waals surface area contributed by atoms with Gasteiger partial charge in [-0.15, -0.1) is 0 Å². The molecule has 0 aromatic carbocycles. The molecule has 0 saturated heterocycles. The summed E-state index contributed by atoms with van der Waals surface area (Å²) in [6, 6.07) is 3.72. The van der Waals surface area contributed by atoms with Crippen molar-refractivity contribution in [2.45, 2.75) is 32.4 Å². The normalized spacial score (nSPS) is 12.9. The number of hydrogen-bond donors (Lipinski definition) is 1. The Kier molecular flexibility index (Phi) is 4.15. The average molecular weight is 245 g/mol. The molecule has 0 aliphatic rings. The van der Waals surface area contributed by atoms with E-state index in [0.717, 1.165) is 5.76 Å². The first-order valence-electron chi connectivity index (χ1n) is 5.24. The molecule has 16 heavy (non-hydrogen) atoms. The molecule has 0 atom stereocenters. The molecule has 0 aliphatic heterocycles. The molecule has 1 rings (SSSR count). The Morgan fingerprint density at radius 3 is 2.62 bits per heavy atom. The van der Waals surface area contributed by atoms with Crippen molar-refractivity contribution in [3.05, 3.63) is 24.2 Å². The summed E-state index contributed by atoms with van der Waals surface area (Å²) in [5, 5.41) is 3.28. The van der Waals surface area contributed by atoms with Gasteiger partial charge in [-0.1, -0.05) is 0 Å². The SMILES string of the molecule is CC(C)(CCS(C)(=O)=O)NCc1ccco1. The van der Waals surface area contributed by atoms with Gasteiger partial charge < -0.3 is 9.73 Å². The van der Waals surface area contributed by atoms with Crippen LogP contribution in [0.3, 0.4) is 0 Å². The van der Waals surface area contributed by atoms with Crippen molar-refractivity contribution < 1.29 is 12.8 Å². The fraction of sp³-hybridized carbons (Fsp3) is 0.636. The van der Waals surface area contributed by atoms with Gasteiger partial charge in [0.25, 0.3) is 0 Å². The lowest BCUT2D eigenvalue weighted by Crippen LogP contribution is -2.40. The van der Waals surface area contributed by atoms with E-state index in [9.17, 15) is 8.42 Å². The minimum absolute atomic E-state index is 0.200. The molecule has 5 heteroatoms. The second-order valence-corrected chi connectivity index (χ2v) is 6.96. The first-order valence-corrected chi connectivity index (χ1v) is 7.30. The Hall–Kier alpha value is -0.810. The molecule has 92 valence electrons. The van der Waals surface area contributed by atoms with Crippen LogP contribution in [0, 0.1) is 0 Å². The predicted molar refractivity (Wildman–Crippen MR) is 64.0 cm³/mol. The Morgan fingerprint density at radius 2 is 2.12 bits per heavy atom. The summed E-state index contributed by atoms with van der Waals surface area (Å²) >= 11 is 0. The van der Waals surface area contributed by atoms with Crippen molar-refractivity contribution in [2.24, 2.45) is 0 Å². The molecule has 4 nitrogen and oxygen atoms in total. The van der Waals surface area contributed by atoms with Gasteiger partial charge in [0.1, 0.15) is 15.6 Å². The Labute approximate surface area is 97.0 Å². The first kappa shape index (κ1) is 13.3. The van der Waals surface area contributed by atoms with Gasteiger partial charge in [0.15, 0.2) is 0 Å². The molecular formula is C11H19NO3S. The monoisotopic (exact) mass is 245 g/mol. The second-order valence-electron chi connectivity index (χ2n) is 4.70. The summed E-state index contributed by atoms with van der Waals surface area (Å²) < 4.78 is 27.3. The van der Waals surface area contributed by atoms with Crippen LogP contribution in [0.15, 0.2) is 22.8 Å². The highest BCUT2D eigenvalue weighted by Gasteiger charge is 2.19. The maximum absolute atomic E-state index is 11.1. The van der Waals surface area contributed by atoms with Gasteiger partial charge >= 0.3 is 0 Å². The highest BCUT2D eigenvalue weighted by atomic mass is 32.2. The van der Waals surface area contributed by atoms with Gasteiger partial charge in [-0.3, -0.25) is 0 Å². The molecule has 0 amide bonds. The average Bonchev–Trinajstić information content (AvgIpc) is 2.64. The third kappa shape index (κ3) is 5.32. The van der Waals surface area contributed by atoms with Crippen LogP contribution in [0.2, 0.25) is 0 Å². The number of rotatable bonds is 6. The maximum Gasteiger partial charge on any atom is 0.147 e. The summed E-state index contributed by atoms with van der Waals surface area (Å²) in [4.78, 5) is 0. The van der Waals surface area contributed by atoms with Crippen LogP contribution in [0.4, 0.5) is 0 Å². The van der Waals surface area contributed by atoms with Crippen molar-refractivity contribution >= 4 is 9.84 Å². The van der Waals surface area contributed by atoms with E-state index >= 15 is 0 Å². The van der Waals surface area contributed by atoms with Crippen LogP contribution in [-0.4, -0.2) is 26.0 Å². The minimum Gasteiger partial charge on any atom is -0.468 e. The lowest BCUT2D eigenvalue weighted by atomic mass is 10.0. The zero-order valence-corrected chi connectivity index (χ0v) is 10.8. The quantitative estimate of drug-likeness (QED) is 0.826. The van der Waals surface area contributed by atoms with Crippen molar-refractivity contribution in [3.8, 4) is 0 Å². The topological polar surface area (TPSA) is 59.3 Å². The standard InChI is InChI=1S/C11H19NO3S/c1-11(2,6-8-16(3,13)14)12-9-10-5-4-7-15-10/h4-5,7,12H,6,8-9H2,1-3H3. The Balaban J connectivity index is 2.39. The number of sulfone groups is 1. The van der Waals surface area contributed by atoms with Crippen LogP contribution in [0.1, 0.15) is 26.0 Å². The van der Waals surface area contributed by atoms with Gasteiger partial charge in [-0.05, 0) is 32.4 Å². The summed E-state index contributed by atoms with van der Waals surface area (Å²) in [6.45, 7) is 4.59. The van der Waals surface area contributed by atoms with E-state index in [-0.39, 0.29) is 11.3 Å². The third-order valence-electron chi connectivity index (χ3n) is 2.42. The lowest BCUT2D eigenvalue weighted by molar-refractivity contribution is 0.352. The number of furan rings is 1. The van der Waals surface area contributed by atoms with Gasteiger partial charge in [0.2, 0.25) is 0 Å². The van der Waals surface area contributed by atoms with E-state index in [0.29, 0.717) is 13.0 Å². The second kappa shape index (κ2) is 5.01. The molecule has 0 bridgehead atoms. The molecule has 0 radical (unpaired) electrons. The van der Waals surface area contributed by atoms with E-state index in [1.54, 1.807) is 6.26 Å². The van der Waals surface area contributed by atoms with Crippen LogP contribution in [0.25, 0.3) is 0 Å². The molecule has 0 fully saturated rings. The van der Waals surface area contributed by atoms with Gasteiger partial charge in [-0.2, -0.15) is 0 Å². The van der Waals surface area contributed by atoms with E-state index in [1.165, 1.54) is 6.26 Å². The van der Waals surface area contributed by atoms with Crippen molar-refractivity contribution in [3.63, 3.8) is 0 Å². The summed E-state index contributed by atoms with van der Waals surface area (Å²) in [6.07, 6.45) is 3.47. The fourth-order valence-corrected chi connectivity index (χ4v) is 2.15. The van der Waals surface area contributed by atoms with Crippen LogP contribution in [-0.2, 0) is 16.4 Å². The van der Waals surface area contributed by atoms with Crippen LogP contribution in [0.5, 0.6) is 0 Å². The zero-order valence-electron chi connectivity index (χ0n) is 9.99. The lowest BCUT2D eigenvalue weighted by Gasteiger charge is -2.25. The first-order chi connectivity index (χ1) is 7.29. The summed E-state index contributed by atoms with van der Waals surface area (Å²) in [5.41, 5.74) is -0.212. The molecule has 1 heterocycles. The minimum atomic E-state index is -2.89. The van der Waals surface area contributed by atoms with E-state index in [4.69, 9.17) is 4.42 Å². The molecule has 1 aromatic heterocycles. The summed E-state index contributed by atoms with van der Waals surface area (Å²) in [5.74, 6) is 1.05. The predicted octanol–water partition coefficient (Wildman–Crippen LogP) is 1.58. The molecule has 0 saturated carbocycles. The van der Waals surface area contributed by atoms with Crippen molar-refractivity contribution in [2.75, 3.05) is 12.0 Å². The van der Waals surface area contributed by atoms with Crippen molar-refractivity contribution in [1.82, 2.24) is 5.32 Å². The van der Waals surface area contributed by atoms with E-state index < -0.39 is 9.84 Å². The Bertz CT molecular complexity index is 406. The molecular weight excluding hydrogens is 226 g/mol. The molecule has 0 spiro atoms. The number of nitrogens with one attached hydrogen (secondary N) is 1. The van der Waals surface area contributed by atoms with Gasteiger partial charge in [0.05, 0.1) is 18.6 Å². The highest BCUT2D eigenvalue weighted by molar-refractivity contribution is 7.90. The Morgan fingerprint density at radius 1 is 1.44 bits per heavy atom. The van der Waals surface area contributed by atoms with Gasteiger partial charge in [-0.25, -0.2) is 8.42 Å². The highest BCUT2D eigenvalue weighted by Crippen LogP contribution is 2.11. The smallest absolute Gasteiger partial charge is 0.147 e.